The third kappa shape index (κ3) is 3.00. The quantitative estimate of drug-likeness (QED) is 0.911. The highest BCUT2D eigenvalue weighted by Gasteiger charge is 2.09. The molecule has 0 aliphatic rings. The number of hydrogen-bond acceptors (Lipinski definition) is 2. The lowest BCUT2D eigenvalue weighted by Crippen LogP contribution is -1.96. The number of carboxylic acid groups (broad SMARTS) is 1. The molecule has 5 heteroatoms. The topological polar surface area (TPSA) is 37.3 Å². The van der Waals surface area contributed by atoms with Gasteiger partial charge in [-0.15, -0.1) is 11.3 Å². The number of hydrogen-bond donors (Lipinski definition) is 1. The van der Waals surface area contributed by atoms with Crippen LogP contribution in [0.25, 0.3) is 10.4 Å². The molecule has 0 fully saturated rings. The molecule has 0 unspecified atom stereocenters. The van der Waals surface area contributed by atoms with Crippen molar-refractivity contribution < 1.29 is 9.90 Å². The first-order valence-electron chi connectivity index (χ1n) is 4.82. The molecular weight excluding hydrogens is 279 g/mol. The van der Waals surface area contributed by atoms with Gasteiger partial charge in [0.05, 0.1) is 11.4 Å². The normalized spacial score (nSPS) is 10.5. The van der Waals surface area contributed by atoms with Gasteiger partial charge in [-0.25, -0.2) is 0 Å². The Kier molecular flexibility index (Phi) is 3.72. The van der Waals surface area contributed by atoms with Gasteiger partial charge in [0, 0.05) is 20.3 Å². The Balaban J connectivity index is 2.33. The highest BCUT2D eigenvalue weighted by Crippen LogP contribution is 2.34. The molecule has 2 rings (SSSR count). The van der Waals surface area contributed by atoms with E-state index in [0.29, 0.717) is 10.0 Å². The number of rotatable bonds is 3. The van der Waals surface area contributed by atoms with E-state index in [1.807, 2.05) is 12.1 Å². The first kappa shape index (κ1) is 12.4. The number of carbonyl (C=O) groups is 1. The fraction of sp³-hybridized carbons (Fsp3) is 0.0833. The van der Waals surface area contributed by atoms with E-state index in [1.54, 1.807) is 18.2 Å². The Morgan fingerprint density at radius 1 is 1.24 bits per heavy atom. The van der Waals surface area contributed by atoms with Crippen molar-refractivity contribution in [1.29, 1.82) is 0 Å². The van der Waals surface area contributed by atoms with Crippen molar-refractivity contribution in [3.05, 3.63) is 45.3 Å². The summed E-state index contributed by atoms with van der Waals surface area (Å²) in [4.78, 5) is 12.3. The molecule has 0 radical (unpaired) electrons. The third-order valence-electron chi connectivity index (χ3n) is 2.18. The maximum Gasteiger partial charge on any atom is 0.308 e. The zero-order valence-corrected chi connectivity index (χ0v) is 10.9. The lowest BCUT2D eigenvalue weighted by molar-refractivity contribution is -0.136. The number of carboxylic acids is 1. The summed E-state index contributed by atoms with van der Waals surface area (Å²) < 4.78 is 0. The van der Waals surface area contributed by atoms with Gasteiger partial charge in [-0.1, -0.05) is 29.3 Å². The van der Waals surface area contributed by atoms with Crippen molar-refractivity contribution in [1.82, 2.24) is 0 Å². The van der Waals surface area contributed by atoms with E-state index in [1.165, 1.54) is 11.3 Å². The van der Waals surface area contributed by atoms with Gasteiger partial charge in [0.15, 0.2) is 0 Å². The minimum Gasteiger partial charge on any atom is -0.481 e. The fourth-order valence-electron chi connectivity index (χ4n) is 1.46. The molecule has 0 saturated heterocycles. The first-order valence-corrected chi connectivity index (χ1v) is 6.39. The molecule has 0 aliphatic heterocycles. The summed E-state index contributed by atoms with van der Waals surface area (Å²) in [5.74, 6) is -0.833. The lowest BCUT2D eigenvalue weighted by Gasteiger charge is -2.01. The Bertz CT molecular complexity index is 563. The van der Waals surface area contributed by atoms with Crippen molar-refractivity contribution in [3.63, 3.8) is 0 Å². The van der Waals surface area contributed by atoms with Crippen LogP contribution in [0.15, 0.2) is 30.3 Å². The Morgan fingerprint density at radius 3 is 2.65 bits per heavy atom. The van der Waals surface area contributed by atoms with E-state index in [4.69, 9.17) is 28.3 Å². The highest BCUT2D eigenvalue weighted by atomic mass is 35.5. The summed E-state index contributed by atoms with van der Waals surface area (Å²) in [6.45, 7) is 0. The molecule has 1 aromatic carbocycles. The summed E-state index contributed by atoms with van der Waals surface area (Å²) in [5, 5.41) is 9.86. The maximum absolute atomic E-state index is 10.6. The minimum atomic E-state index is -0.833. The summed E-state index contributed by atoms with van der Waals surface area (Å²) in [6.07, 6.45) is 0.0376. The number of thiophene rings is 1. The van der Waals surface area contributed by atoms with Gasteiger partial charge >= 0.3 is 5.97 Å². The average molecular weight is 287 g/mol. The van der Waals surface area contributed by atoms with Crippen LogP contribution in [0.4, 0.5) is 0 Å². The molecule has 0 spiro atoms. The minimum absolute atomic E-state index is 0.0376. The SMILES string of the molecule is O=C(O)Cc1ccc(-c2ccc(Cl)cc2Cl)s1. The Labute approximate surface area is 112 Å². The largest absolute Gasteiger partial charge is 0.481 e. The zero-order chi connectivity index (χ0) is 12.4. The van der Waals surface area contributed by atoms with Gasteiger partial charge < -0.3 is 5.11 Å². The summed E-state index contributed by atoms with van der Waals surface area (Å²) in [6, 6.07) is 8.95. The van der Waals surface area contributed by atoms with Gasteiger partial charge in [0.2, 0.25) is 0 Å². The molecular formula is C12H8Cl2O2S. The van der Waals surface area contributed by atoms with E-state index >= 15 is 0 Å². The van der Waals surface area contributed by atoms with Crippen LogP contribution in [0.1, 0.15) is 4.88 Å². The second kappa shape index (κ2) is 5.08. The molecule has 1 heterocycles. The molecule has 0 aliphatic carbocycles. The zero-order valence-electron chi connectivity index (χ0n) is 8.61. The van der Waals surface area contributed by atoms with Crippen LogP contribution in [-0.2, 0) is 11.2 Å². The van der Waals surface area contributed by atoms with Crippen molar-refractivity contribution in [2.45, 2.75) is 6.42 Å². The van der Waals surface area contributed by atoms with Gasteiger partial charge in [-0.05, 0) is 24.3 Å². The number of aliphatic carboxylic acids is 1. The van der Waals surface area contributed by atoms with Crippen LogP contribution in [0, 0.1) is 0 Å². The predicted molar refractivity (Wildman–Crippen MR) is 71.1 cm³/mol. The molecule has 17 heavy (non-hydrogen) atoms. The van der Waals surface area contributed by atoms with Crippen LogP contribution >= 0.6 is 34.5 Å². The van der Waals surface area contributed by atoms with E-state index in [2.05, 4.69) is 0 Å². The summed E-state index contributed by atoms with van der Waals surface area (Å²) >= 11 is 13.3. The Hall–Kier alpha value is -1.03. The summed E-state index contributed by atoms with van der Waals surface area (Å²) in [7, 11) is 0. The van der Waals surface area contributed by atoms with Crippen molar-refractivity contribution in [3.8, 4) is 10.4 Å². The van der Waals surface area contributed by atoms with Gasteiger partial charge in [-0.2, -0.15) is 0 Å². The number of benzene rings is 1. The van der Waals surface area contributed by atoms with Crippen LogP contribution in [0.3, 0.4) is 0 Å². The van der Waals surface area contributed by atoms with E-state index < -0.39 is 5.97 Å². The fourth-order valence-corrected chi connectivity index (χ4v) is 3.06. The molecule has 0 bridgehead atoms. The monoisotopic (exact) mass is 286 g/mol. The van der Waals surface area contributed by atoms with Crippen molar-refractivity contribution in [2.75, 3.05) is 0 Å². The molecule has 2 aromatic rings. The van der Waals surface area contributed by atoms with Crippen LogP contribution < -0.4 is 0 Å². The van der Waals surface area contributed by atoms with Crippen LogP contribution in [-0.4, -0.2) is 11.1 Å². The molecule has 1 aromatic heterocycles. The Morgan fingerprint density at radius 2 is 2.00 bits per heavy atom. The maximum atomic E-state index is 10.6. The van der Waals surface area contributed by atoms with Crippen molar-refractivity contribution >= 4 is 40.5 Å². The van der Waals surface area contributed by atoms with Crippen LogP contribution in [0.2, 0.25) is 10.0 Å². The molecule has 2 nitrogen and oxygen atoms in total. The first-order chi connectivity index (χ1) is 8.06. The van der Waals surface area contributed by atoms with E-state index in [-0.39, 0.29) is 6.42 Å². The predicted octanol–water partition coefficient (Wildman–Crippen LogP) is 4.35. The molecule has 0 amide bonds. The average Bonchev–Trinajstić information content (AvgIpc) is 2.65. The standard InChI is InChI=1S/C12H8Cl2O2S/c13-7-1-3-9(10(14)5-7)11-4-2-8(17-11)6-12(15)16/h1-5H,6H2,(H,15,16). The third-order valence-corrected chi connectivity index (χ3v) is 3.85. The molecule has 1 N–H and O–H groups in total. The van der Waals surface area contributed by atoms with E-state index in [9.17, 15) is 4.79 Å². The highest BCUT2D eigenvalue weighted by molar-refractivity contribution is 7.15. The van der Waals surface area contributed by atoms with E-state index in [0.717, 1.165) is 15.3 Å². The second-order valence-corrected chi connectivity index (χ2v) is 5.47. The second-order valence-electron chi connectivity index (χ2n) is 3.46. The summed E-state index contributed by atoms with van der Waals surface area (Å²) in [5.41, 5.74) is 0.873. The van der Waals surface area contributed by atoms with Gasteiger partial charge in [0.25, 0.3) is 0 Å². The smallest absolute Gasteiger partial charge is 0.308 e. The molecule has 0 saturated carbocycles. The number of halogens is 2. The molecule has 88 valence electrons. The van der Waals surface area contributed by atoms with Crippen LogP contribution in [0.5, 0.6) is 0 Å². The van der Waals surface area contributed by atoms with Gasteiger partial charge in [0.1, 0.15) is 0 Å². The van der Waals surface area contributed by atoms with Gasteiger partial charge in [-0.3, -0.25) is 4.79 Å². The molecule has 0 atom stereocenters. The van der Waals surface area contributed by atoms with Crippen molar-refractivity contribution in [2.24, 2.45) is 0 Å². The lowest BCUT2D eigenvalue weighted by atomic mass is 10.2.